The van der Waals surface area contributed by atoms with Gasteiger partial charge in [-0.3, -0.25) is 4.90 Å². The lowest BCUT2D eigenvalue weighted by atomic mass is 10.1. The SMILES string of the molecule is CC(C)(C)OC(=O)N1CCN(CC=CC#N)C(CO[Si](C)(C)C(C)(C)C)C1. The second-order valence-corrected chi connectivity index (χ2v) is 14.5. The molecule has 6 nitrogen and oxygen atoms in total. The summed E-state index contributed by atoms with van der Waals surface area (Å²) in [5.41, 5.74) is -0.503. The first-order valence-electron chi connectivity index (χ1n) is 9.67. The summed E-state index contributed by atoms with van der Waals surface area (Å²) in [6.07, 6.45) is 3.10. The molecular weight excluding hydrogens is 358 g/mol. The van der Waals surface area contributed by atoms with E-state index in [-0.39, 0.29) is 17.2 Å². The van der Waals surface area contributed by atoms with Gasteiger partial charge in [0.1, 0.15) is 5.60 Å². The number of nitriles is 1. The summed E-state index contributed by atoms with van der Waals surface area (Å²) in [7, 11) is -1.88. The van der Waals surface area contributed by atoms with Gasteiger partial charge in [0.25, 0.3) is 0 Å². The number of rotatable bonds is 5. The fraction of sp³-hybridized carbons (Fsp3) is 0.800. The predicted octanol–water partition coefficient (Wildman–Crippen LogP) is 4.01. The second kappa shape index (κ2) is 9.22. The molecule has 0 aliphatic carbocycles. The topological polar surface area (TPSA) is 65.8 Å². The van der Waals surface area contributed by atoms with Crippen molar-refractivity contribution in [1.82, 2.24) is 9.80 Å². The minimum Gasteiger partial charge on any atom is -0.444 e. The molecule has 7 heteroatoms. The van der Waals surface area contributed by atoms with E-state index in [4.69, 9.17) is 14.4 Å². The number of piperazine rings is 1. The van der Waals surface area contributed by atoms with E-state index in [1.165, 1.54) is 6.08 Å². The van der Waals surface area contributed by atoms with E-state index in [2.05, 4.69) is 38.8 Å². The van der Waals surface area contributed by atoms with Gasteiger partial charge >= 0.3 is 6.09 Å². The van der Waals surface area contributed by atoms with Gasteiger partial charge in [0.05, 0.1) is 12.7 Å². The third kappa shape index (κ3) is 7.65. The molecule has 0 aromatic carbocycles. The first-order valence-corrected chi connectivity index (χ1v) is 12.6. The summed E-state index contributed by atoms with van der Waals surface area (Å²) in [6.45, 7) is 20.0. The van der Waals surface area contributed by atoms with Gasteiger partial charge in [0, 0.05) is 38.3 Å². The van der Waals surface area contributed by atoms with Gasteiger partial charge in [-0.15, -0.1) is 0 Å². The van der Waals surface area contributed by atoms with Crippen LogP contribution in [0.15, 0.2) is 12.2 Å². The third-order valence-electron chi connectivity index (χ3n) is 5.23. The average molecular weight is 396 g/mol. The number of allylic oxidation sites excluding steroid dienone is 1. The molecule has 1 unspecified atom stereocenters. The number of hydrogen-bond donors (Lipinski definition) is 0. The molecule has 0 aromatic heterocycles. The third-order valence-corrected chi connectivity index (χ3v) is 9.73. The minimum absolute atomic E-state index is 0.0868. The molecule has 0 N–H and O–H groups in total. The zero-order valence-corrected chi connectivity index (χ0v) is 19.3. The van der Waals surface area contributed by atoms with Gasteiger partial charge < -0.3 is 14.1 Å². The van der Waals surface area contributed by atoms with Gasteiger partial charge in [0.15, 0.2) is 8.32 Å². The van der Waals surface area contributed by atoms with Crippen LogP contribution in [-0.4, -0.2) is 68.6 Å². The van der Waals surface area contributed by atoms with E-state index >= 15 is 0 Å². The highest BCUT2D eigenvalue weighted by Crippen LogP contribution is 2.36. The lowest BCUT2D eigenvalue weighted by molar-refractivity contribution is -0.000969. The molecule has 0 spiro atoms. The first kappa shape index (κ1) is 23.7. The van der Waals surface area contributed by atoms with Crippen LogP contribution in [0.2, 0.25) is 18.1 Å². The summed E-state index contributed by atoms with van der Waals surface area (Å²) >= 11 is 0. The van der Waals surface area contributed by atoms with Crippen molar-refractivity contribution in [3.8, 4) is 6.07 Å². The molecule has 1 atom stereocenters. The Morgan fingerprint density at radius 1 is 1.22 bits per heavy atom. The molecule has 1 heterocycles. The number of carbonyl (C=O) groups is 1. The molecule has 1 fully saturated rings. The molecular formula is C20H37N3O3Si. The Morgan fingerprint density at radius 2 is 1.85 bits per heavy atom. The van der Waals surface area contributed by atoms with Crippen LogP contribution in [0.5, 0.6) is 0 Å². The molecule has 0 radical (unpaired) electrons. The monoisotopic (exact) mass is 395 g/mol. The largest absolute Gasteiger partial charge is 0.444 e. The van der Waals surface area contributed by atoms with E-state index in [9.17, 15) is 4.79 Å². The second-order valence-electron chi connectivity index (χ2n) is 9.68. The highest BCUT2D eigenvalue weighted by Gasteiger charge is 2.39. The van der Waals surface area contributed by atoms with Crippen molar-refractivity contribution >= 4 is 14.4 Å². The van der Waals surface area contributed by atoms with Crippen molar-refractivity contribution in [2.45, 2.75) is 71.3 Å². The van der Waals surface area contributed by atoms with Crippen LogP contribution in [0.25, 0.3) is 0 Å². The fourth-order valence-corrected chi connectivity index (χ4v) is 3.59. The summed E-state index contributed by atoms with van der Waals surface area (Å²) < 4.78 is 12.0. The highest BCUT2D eigenvalue weighted by molar-refractivity contribution is 6.74. The van der Waals surface area contributed by atoms with Crippen LogP contribution in [0, 0.1) is 11.3 Å². The Morgan fingerprint density at radius 3 is 2.37 bits per heavy atom. The maximum atomic E-state index is 12.5. The maximum Gasteiger partial charge on any atom is 0.410 e. The number of amides is 1. The molecule has 1 rings (SSSR count). The van der Waals surface area contributed by atoms with Crippen LogP contribution in [0.1, 0.15) is 41.5 Å². The van der Waals surface area contributed by atoms with Crippen LogP contribution >= 0.6 is 0 Å². The lowest BCUT2D eigenvalue weighted by Gasteiger charge is -2.43. The predicted molar refractivity (Wildman–Crippen MR) is 111 cm³/mol. The van der Waals surface area contributed by atoms with E-state index in [1.54, 1.807) is 4.90 Å². The standard InChI is InChI=1S/C20H37N3O3Si/c1-19(2,3)26-18(24)23-14-13-22(12-10-9-11-21)17(15-23)16-25-27(7,8)20(4,5)6/h9-10,17H,12-16H2,1-8H3. The minimum atomic E-state index is -1.88. The summed E-state index contributed by atoms with van der Waals surface area (Å²) in [5.74, 6) is 0. The van der Waals surface area contributed by atoms with Crippen molar-refractivity contribution < 1.29 is 14.0 Å². The highest BCUT2D eigenvalue weighted by atomic mass is 28.4. The molecule has 0 bridgehead atoms. The van der Waals surface area contributed by atoms with Gasteiger partial charge in [-0.05, 0) is 38.9 Å². The summed E-state index contributed by atoms with van der Waals surface area (Å²) in [4.78, 5) is 16.5. The van der Waals surface area contributed by atoms with Gasteiger partial charge in [-0.2, -0.15) is 5.26 Å². The zero-order chi connectivity index (χ0) is 20.9. The van der Waals surface area contributed by atoms with E-state index in [0.29, 0.717) is 26.2 Å². The molecule has 1 aliphatic heterocycles. The van der Waals surface area contributed by atoms with Gasteiger partial charge in [0.2, 0.25) is 0 Å². The quantitative estimate of drug-likeness (QED) is 0.520. The van der Waals surface area contributed by atoms with Crippen molar-refractivity contribution in [1.29, 1.82) is 5.26 Å². The van der Waals surface area contributed by atoms with E-state index < -0.39 is 13.9 Å². The Bertz CT molecular complexity index is 570. The molecule has 154 valence electrons. The average Bonchev–Trinajstić information content (AvgIpc) is 2.51. The number of ether oxygens (including phenoxy) is 1. The smallest absolute Gasteiger partial charge is 0.410 e. The van der Waals surface area contributed by atoms with Gasteiger partial charge in [-0.1, -0.05) is 26.8 Å². The molecule has 27 heavy (non-hydrogen) atoms. The summed E-state index contributed by atoms with van der Waals surface area (Å²) in [6, 6.07) is 2.12. The van der Waals surface area contributed by atoms with Crippen molar-refractivity contribution in [2.75, 3.05) is 32.8 Å². The van der Waals surface area contributed by atoms with Crippen molar-refractivity contribution in [2.24, 2.45) is 0 Å². The van der Waals surface area contributed by atoms with E-state index in [0.717, 1.165) is 6.54 Å². The molecule has 1 amide bonds. The zero-order valence-electron chi connectivity index (χ0n) is 18.3. The molecule has 1 saturated heterocycles. The van der Waals surface area contributed by atoms with Crippen molar-refractivity contribution in [3.05, 3.63) is 12.2 Å². The lowest BCUT2D eigenvalue weighted by Crippen LogP contribution is -2.58. The van der Waals surface area contributed by atoms with Crippen LogP contribution in [0.4, 0.5) is 4.79 Å². The first-order chi connectivity index (χ1) is 12.3. The Labute approximate surface area is 166 Å². The Balaban J connectivity index is 2.84. The Kier molecular flexibility index (Phi) is 8.09. The fourth-order valence-electron chi connectivity index (χ4n) is 2.55. The van der Waals surface area contributed by atoms with Gasteiger partial charge in [-0.25, -0.2) is 4.79 Å². The molecule has 0 aromatic rings. The normalized spacial score (nSPS) is 20.0. The maximum absolute atomic E-state index is 12.5. The molecule has 0 saturated carbocycles. The number of carbonyl (C=O) groups excluding carboxylic acids is 1. The van der Waals surface area contributed by atoms with E-state index in [1.807, 2.05) is 32.9 Å². The molecule has 1 aliphatic rings. The summed E-state index contributed by atoms with van der Waals surface area (Å²) in [5, 5.41) is 8.88. The van der Waals surface area contributed by atoms with Crippen LogP contribution < -0.4 is 0 Å². The Hall–Kier alpha value is -1.36. The van der Waals surface area contributed by atoms with Crippen LogP contribution in [0.3, 0.4) is 0 Å². The van der Waals surface area contributed by atoms with Crippen LogP contribution in [-0.2, 0) is 9.16 Å². The number of nitrogens with zero attached hydrogens (tertiary/aromatic N) is 3. The van der Waals surface area contributed by atoms with Crippen molar-refractivity contribution in [3.63, 3.8) is 0 Å². The number of hydrogen-bond acceptors (Lipinski definition) is 5.